The molecule has 0 amide bonds. The summed E-state index contributed by atoms with van der Waals surface area (Å²) in [6, 6.07) is 12.6. The Labute approximate surface area is 158 Å². The number of aromatic nitrogens is 4. The van der Waals surface area contributed by atoms with E-state index < -0.39 is 0 Å². The molecule has 2 N–H and O–H groups in total. The Kier molecular flexibility index (Phi) is 4.51. The predicted octanol–water partition coefficient (Wildman–Crippen LogP) is 3.51. The smallest absolute Gasteiger partial charge is 0.221 e. The Morgan fingerprint density at radius 1 is 1.24 bits per heavy atom. The molecule has 3 heterocycles. The second-order valence-electron chi connectivity index (χ2n) is 6.01. The molecular weight excluding hydrogens is 370 g/mol. The van der Waals surface area contributed by atoms with Crippen LogP contribution in [0.1, 0.15) is 18.0 Å². The normalized spacial score (nSPS) is 14.0. The minimum Gasteiger partial charge on any atom is -0.311 e. The number of hydrogen-bond donors (Lipinski definition) is 2. The summed E-state index contributed by atoms with van der Waals surface area (Å²) in [5.41, 5.74) is 1.07. The van der Waals surface area contributed by atoms with Crippen LogP contribution in [-0.2, 0) is 6.67 Å². The fraction of sp³-hybridized carbons (Fsp3) is 0.235. The molecule has 128 valence electrons. The minimum absolute atomic E-state index is 0.271. The maximum Gasteiger partial charge on any atom is 0.221 e. The van der Waals surface area contributed by atoms with E-state index in [4.69, 9.17) is 17.2 Å². The van der Waals surface area contributed by atoms with Crippen LogP contribution in [0.25, 0.3) is 20.9 Å². The van der Waals surface area contributed by atoms with Gasteiger partial charge in [0, 0.05) is 0 Å². The number of aromatic amines is 1. The van der Waals surface area contributed by atoms with Crippen molar-refractivity contribution in [1.82, 2.24) is 19.7 Å². The molecule has 0 aliphatic carbocycles. The molecule has 0 radical (unpaired) electrons. The highest BCUT2D eigenvalue weighted by atomic mass is 32.1. The number of thiazole rings is 1. The zero-order valence-corrected chi connectivity index (χ0v) is 16.3. The van der Waals surface area contributed by atoms with E-state index in [2.05, 4.69) is 42.3 Å². The van der Waals surface area contributed by atoms with Crippen molar-refractivity contribution in [2.75, 3.05) is 7.05 Å². The zero-order valence-electron chi connectivity index (χ0n) is 13.9. The molecule has 4 aromatic rings. The van der Waals surface area contributed by atoms with Gasteiger partial charge in [-0.1, -0.05) is 18.2 Å². The number of benzene rings is 1. The maximum atomic E-state index is 5.42. The molecular formula is C17H18N5S3+. The summed E-state index contributed by atoms with van der Waals surface area (Å²) >= 11 is 8.83. The zero-order chi connectivity index (χ0) is 17.4. The van der Waals surface area contributed by atoms with E-state index >= 15 is 0 Å². The van der Waals surface area contributed by atoms with Crippen LogP contribution in [-0.4, -0.2) is 26.8 Å². The number of quaternary nitrogens is 1. The molecule has 2 atom stereocenters. The van der Waals surface area contributed by atoms with Gasteiger partial charge in [0.1, 0.15) is 6.04 Å². The average molecular weight is 389 g/mol. The highest BCUT2D eigenvalue weighted by Gasteiger charge is 2.20. The first-order valence-electron chi connectivity index (χ1n) is 8.00. The van der Waals surface area contributed by atoms with Crippen molar-refractivity contribution >= 4 is 45.1 Å². The summed E-state index contributed by atoms with van der Waals surface area (Å²) in [5.74, 6) is 0.834. The third kappa shape index (κ3) is 3.30. The fourth-order valence-corrected chi connectivity index (χ4v) is 4.64. The SMILES string of the molecule is C[C@@H](c1nc2ccccc2s1)[NH+](C)Cn1[nH]c(-c2cccs2)nc1=S. The van der Waals surface area contributed by atoms with E-state index in [0.717, 1.165) is 21.2 Å². The molecule has 0 spiro atoms. The highest BCUT2D eigenvalue weighted by molar-refractivity contribution is 7.71. The monoisotopic (exact) mass is 388 g/mol. The summed E-state index contributed by atoms with van der Waals surface area (Å²) in [4.78, 5) is 11.7. The third-order valence-corrected chi connectivity index (χ3v) is 6.67. The average Bonchev–Trinajstić information content (AvgIpc) is 3.33. The molecule has 4 rings (SSSR count). The molecule has 5 nitrogen and oxygen atoms in total. The fourth-order valence-electron chi connectivity index (χ4n) is 2.66. The lowest BCUT2D eigenvalue weighted by Crippen LogP contribution is -3.08. The first-order chi connectivity index (χ1) is 12.1. The number of fused-ring (bicyclic) bond motifs is 1. The van der Waals surface area contributed by atoms with Gasteiger partial charge in [-0.2, -0.15) is 4.98 Å². The molecule has 1 unspecified atom stereocenters. The van der Waals surface area contributed by atoms with Gasteiger partial charge in [0.05, 0.1) is 22.1 Å². The quantitative estimate of drug-likeness (QED) is 0.515. The van der Waals surface area contributed by atoms with Crippen molar-refractivity contribution in [3.05, 3.63) is 51.6 Å². The molecule has 8 heteroatoms. The Hall–Kier alpha value is -1.87. The molecule has 1 aromatic carbocycles. The number of nitrogens with zero attached hydrogens (tertiary/aromatic N) is 3. The first kappa shape index (κ1) is 16.6. The van der Waals surface area contributed by atoms with Gasteiger partial charge in [0.2, 0.25) is 4.77 Å². The summed E-state index contributed by atoms with van der Waals surface area (Å²) in [6.07, 6.45) is 0. The number of nitrogens with one attached hydrogen (secondary N) is 2. The summed E-state index contributed by atoms with van der Waals surface area (Å²) in [5, 5.41) is 6.50. The summed E-state index contributed by atoms with van der Waals surface area (Å²) < 4.78 is 3.75. The van der Waals surface area contributed by atoms with Crippen LogP contribution in [0.4, 0.5) is 0 Å². The first-order valence-corrected chi connectivity index (χ1v) is 10.1. The predicted molar refractivity (Wildman–Crippen MR) is 106 cm³/mol. The van der Waals surface area contributed by atoms with Crippen molar-refractivity contribution in [2.45, 2.75) is 19.6 Å². The number of rotatable bonds is 5. The van der Waals surface area contributed by atoms with Gasteiger partial charge in [-0.05, 0) is 42.7 Å². The van der Waals surface area contributed by atoms with Crippen LogP contribution in [0.15, 0.2) is 41.8 Å². The minimum atomic E-state index is 0.271. The van der Waals surface area contributed by atoms with Crippen LogP contribution >= 0.6 is 34.9 Å². The molecule has 0 fully saturated rings. The van der Waals surface area contributed by atoms with Crippen LogP contribution in [0.3, 0.4) is 0 Å². The van der Waals surface area contributed by atoms with E-state index in [1.165, 1.54) is 9.60 Å². The van der Waals surface area contributed by atoms with Crippen molar-refractivity contribution in [2.24, 2.45) is 0 Å². The molecule has 25 heavy (non-hydrogen) atoms. The van der Waals surface area contributed by atoms with Gasteiger partial charge in [-0.3, -0.25) is 5.10 Å². The number of H-pyrrole nitrogens is 1. The topological polar surface area (TPSA) is 50.9 Å². The summed E-state index contributed by atoms with van der Waals surface area (Å²) in [6.45, 7) is 2.92. The molecule has 0 saturated heterocycles. The Balaban J connectivity index is 1.55. The lowest BCUT2D eigenvalue weighted by atomic mass is 10.3. The maximum absolute atomic E-state index is 5.42. The standard InChI is InChI=1S/C17H17N5S3/c1-11(16-18-12-6-3-4-7-13(12)25-16)21(2)10-22-17(23)19-15(20-22)14-8-5-9-24-14/h3-9,11H,10H2,1-2H3,(H,19,20,23)/p+1/t11-/m0/s1. The van der Waals surface area contributed by atoms with E-state index in [1.54, 1.807) is 22.7 Å². The third-order valence-electron chi connectivity index (χ3n) is 4.26. The van der Waals surface area contributed by atoms with E-state index in [9.17, 15) is 0 Å². The van der Waals surface area contributed by atoms with E-state index in [0.29, 0.717) is 11.4 Å². The largest absolute Gasteiger partial charge is 0.311 e. The molecule has 3 aromatic heterocycles. The number of thiophene rings is 1. The van der Waals surface area contributed by atoms with Gasteiger partial charge < -0.3 is 4.90 Å². The Bertz CT molecular complexity index is 1010. The van der Waals surface area contributed by atoms with Crippen molar-refractivity contribution in [3.63, 3.8) is 0 Å². The second-order valence-corrected chi connectivity index (χ2v) is 8.38. The lowest BCUT2D eigenvalue weighted by molar-refractivity contribution is -0.933. The highest BCUT2D eigenvalue weighted by Crippen LogP contribution is 2.25. The van der Waals surface area contributed by atoms with Crippen LogP contribution in [0, 0.1) is 4.77 Å². The number of para-hydroxylation sites is 1. The van der Waals surface area contributed by atoms with Gasteiger partial charge in [0.15, 0.2) is 17.5 Å². The van der Waals surface area contributed by atoms with E-state index in [-0.39, 0.29) is 6.04 Å². The van der Waals surface area contributed by atoms with Crippen molar-refractivity contribution < 1.29 is 4.90 Å². The van der Waals surface area contributed by atoms with Crippen molar-refractivity contribution in [1.29, 1.82) is 0 Å². The lowest BCUT2D eigenvalue weighted by Gasteiger charge is -2.19. The molecule has 0 saturated carbocycles. The van der Waals surface area contributed by atoms with Crippen LogP contribution in [0.2, 0.25) is 0 Å². The van der Waals surface area contributed by atoms with Gasteiger partial charge in [-0.15, -0.1) is 22.7 Å². The molecule has 0 bridgehead atoms. The number of hydrogen-bond acceptors (Lipinski definition) is 5. The van der Waals surface area contributed by atoms with Gasteiger partial charge in [0.25, 0.3) is 0 Å². The van der Waals surface area contributed by atoms with Gasteiger partial charge >= 0.3 is 0 Å². The van der Waals surface area contributed by atoms with E-state index in [1.807, 2.05) is 28.3 Å². The molecule has 0 aliphatic heterocycles. The Morgan fingerprint density at radius 2 is 2.08 bits per heavy atom. The van der Waals surface area contributed by atoms with Crippen LogP contribution in [0.5, 0.6) is 0 Å². The van der Waals surface area contributed by atoms with Crippen molar-refractivity contribution in [3.8, 4) is 10.7 Å². The van der Waals surface area contributed by atoms with Gasteiger partial charge in [-0.25, -0.2) is 9.67 Å². The Morgan fingerprint density at radius 3 is 2.84 bits per heavy atom. The molecule has 0 aliphatic rings. The second kappa shape index (κ2) is 6.80. The summed E-state index contributed by atoms with van der Waals surface area (Å²) in [7, 11) is 2.16. The van der Waals surface area contributed by atoms with Crippen LogP contribution < -0.4 is 4.90 Å².